The van der Waals surface area contributed by atoms with Gasteiger partial charge in [-0.05, 0) is 0 Å². The summed E-state index contributed by atoms with van der Waals surface area (Å²) in [6, 6.07) is 0. The normalized spacial score (nSPS) is 5.67. The molecule has 0 unspecified atom stereocenters. The van der Waals surface area contributed by atoms with E-state index in [9.17, 15) is 0 Å². The Bertz CT molecular complexity index is 139. The minimum Gasteiger partial charge on any atom is -0.473 e. The van der Waals surface area contributed by atoms with Crippen molar-refractivity contribution in [2.24, 2.45) is 0 Å². The molecule has 0 bridgehead atoms. The number of hydrogen-bond donors (Lipinski definition) is 4. The Hall–Kier alpha value is 0.963. The molecule has 0 spiro atoms. The van der Waals surface area contributed by atoms with E-state index in [0.29, 0.717) is 0 Å². The molecule has 0 atom stereocenters. The van der Waals surface area contributed by atoms with Crippen molar-refractivity contribution in [2.75, 3.05) is 0 Å². The van der Waals surface area contributed by atoms with E-state index < -0.39 is 18.1 Å². The molecule has 0 aromatic rings. The van der Waals surface area contributed by atoms with Gasteiger partial charge < -0.3 is 20.4 Å². The molecule has 0 saturated carbocycles. The quantitative estimate of drug-likeness (QED) is 0.375. The van der Waals surface area contributed by atoms with Crippen molar-refractivity contribution in [3.8, 4) is 0 Å². The van der Waals surface area contributed by atoms with E-state index in [4.69, 9.17) is 34.8 Å². The number of hydrogen-bond acceptors (Lipinski definition) is 3. The Morgan fingerprint density at radius 1 is 0.667 bits per heavy atom. The second-order valence-corrected chi connectivity index (χ2v) is 0.893. The Morgan fingerprint density at radius 3 is 0.750 bits per heavy atom. The van der Waals surface area contributed by atoms with E-state index >= 15 is 0 Å². The molecule has 0 aliphatic rings. The molecule has 0 fully saturated rings. The average Bonchev–Trinajstić information content (AvgIpc) is 1.63. The fraction of sp³-hybridized carbons (Fsp3) is 0. The Balaban J connectivity index is -0.0000000483. The van der Waals surface area contributed by atoms with E-state index in [1.54, 1.807) is 0 Å². The third-order valence-electron chi connectivity index (χ3n) is 0.183. The van der Waals surface area contributed by atoms with Crippen molar-refractivity contribution in [1.29, 1.82) is 0 Å². The molecular formula is C3H4Ce2O7. The van der Waals surface area contributed by atoms with Gasteiger partial charge in [-0.25, -0.2) is 14.4 Å². The van der Waals surface area contributed by atoms with Gasteiger partial charge in [0.25, 0.3) is 0 Å². The molecule has 12 heavy (non-hydrogen) atoms. The van der Waals surface area contributed by atoms with Gasteiger partial charge in [0.15, 0.2) is 0 Å². The van der Waals surface area contributed by atoms with Crippen LogP contribution in [0.4, 0.5) is 4.79 Å². The van der Waals surface area contributed by atoms with E-state index in [-0.39, 0.29) is 83.5 Å². The standard InChI is InChI=1S/C2H2O4.CH2O3.2Ce/c3-1(4)2(5)6;2-1(3)4;;/h(H,3,4)(H,5,6);(H2,2,3,4);;. The molecule has 0 radical (unpaired) electrons. The topological polar surface area (TPSA) is 132 Å². The van der Waals surface area contributed by atoms with Crippen LogP contribution >= 0.6 is 0 Å². The number of carboxylic acid groups (broad SMARTS) is 4. The van der Waals surface area contributed by atoms with Gasteiger partial charge in [-0.15, -0.1) is 0 Å². The molecule has 66 valence electrons. The fourth-order valence-electron chi connectivity index (χ4n) is 0. The molecule has 9 heteroatoms. The smallest absolute Gasteiger partial charge is 0.473 e. The zero-order valence-corrected chi connectivity index (χ0v) is 11.8. The van der Waals surface area contributed by atoms with Crippen LogP contribution in [0.5, 0.6) is 0 Å². The minimum absolute atomic E-state index is 0. The predicted octanol–water partition coefficient (Wildman–Crippen LogP) is -0.622. The summed E-state index contributed by atoms with van der Waals surface area (Å²) in [5.74, 6) is -3.65. The monoisotopic (exact) mass is 432 g/mol. The van der Waals surface area contributed by atoms with Crippen LogP contribution in [-0.4, -0.2) is 38.5 Å². The van der Waals surface area contributed by atoms with Crippen LogP contribution in [-0.2, 0) is 9.59 Å². The molecular weight excluding hydrogens is 428 g/mol. The Morgan fingerprint density at radius 2 is 0.750 bits per heavy atom. The summed E-state index contributed by atoms with van der Waals surface area (Å²) >= 11 is 0. The number of carboxylic acids is 2. The first kappa shape index (κ1) is 23.1. The fourth-order valence-corrected chi connectivity index (χ4v) is 0. The van der Waals surface area contributed by atoms with E-state index in [1.165, 1.54) is 0 Å². The van der Waals surface area contributed by atoms with Crippen molar-refractivity contribution in [3.63, 3.8) is 0 Å². The SMILES string of the molecule is O=C(O)C(=O)O.O=C(O)O.[Ce].[Ce]. The largest absolute Gasteiger partial charge is 0.503 e. The molecule has 0 saturated heterocycles. The second-order valence-electron chi connectivity index (χ2n) is 0.893. The summed E-state index contributed by atoms with van der Waals surface area (Å²) in [7, 11) is 0. The maximum absolute atomic E-state index is 9.10. The van der Waals surface area contributed by atoms with Crippen LogP contribution in [0, 0.1) is 83.5 Å². The summed E-state index contributed by atoms with van der Waals surface area (Å²) < 4.78 is 0. The molecule has 7 nitrogen and oxygen atoms in total. The zero-order valence-electron chi connectivity index (χ0n) is 5.51. The molecule has 0 heterocycles. The predicted molar refractivity (Wildman–Crippen MR) is 25.9 cm³/mol. The van der Waals surface area contributed by atoms with E-state index in [0.717, 1.165) is 0 Å². The van der Waals surface area contributed by atoms with Crippen molar-refractivity contribution in [3.05, 3.63) is 0 Å². The van der Waals surface area contributed by atoms with Gasteiger partial charge in [0, 0.05) is 83.5 Å². The number of carbonyl (C=O) groups is 3. The van der Waals surface area contributed by atoms with Crippen LogP contribution in [0.2, 0.25) is 0 Å². The van der Waals surface area contributed by atoms with Crippen LogP contribution in [0.25, 0.3) is 0 Å². The molecule has 0 aliphatic heterocycles. The summed E-state index contributed by atoms with van der Waals surface area (Å²) in [5.41, 5.74) is 0. The van der Waals surface area contributed by atoms with Crippen LogP contribution in [0.15, 0.2) is 0 Å². The minimum atomic E-state index is -1.83. The van der Waals surface area contributed by atoms with Crippen LogP contribution in [0.3, 0.4) is 0 Å². The van der Waals surface area contributed by atoms with Crippen molar-refractivity contribution < 1.29 is 118 Å². The molecule has 0 rings (SSSR count). The van der Waals surface area contributed by atoms with Crippen molar-refractivity contribution >= 4 is 18.1 Å². The van der Waals surface area contributed by atoms with Gasteiger partial charge in [0.05, 0.1) is 0 Å². The molecule has 0 aromatic heterocycles. The molecule has 0 aliphatic carbocycles. The third kappa shape index (κ3) is 44.2. The van der Waals surface area contributed by atoms with Gasteiger partial charge in [-0.2, -0.15) is 0 Å². The van der Waals surface area contributed by atoms with Gasteiger partial charge in [0.2, 0.25) is 0 Å². The van der Waals surface area contributed by atoms with E-state index in [2.05, 4.69) is 0 Å². The first-order valence-electron chi connectivity index (χ1n) is 1.76. The Kier molecular flexibility index (Phi) is 27.9. The molecule has 4 N–H and O–H groups in total. The number of aliphatic carboxylic acids is 2. The first-order chi connectivity index (χ1) is 4.37. The van der Waals surface area contributed by atoms with Crippen molar-refractivity contribution in [1.82, 2.24) is 0 Å². The van der Waals surface area contributed by atoms with Crippen LogP contribution < -0.4 is 0 Å². The summed E-state index contributed by atoms with van der Waals surface area (Å²) in [4.78, 5) is 26.8. The van der Waals surface area contributed by atoms with Gasteiger partial charge in [-0.1, -0.05) is 0 Å². The zero-order chi connectivity index (χ0) is 8.73. The molecule has 0 aromatic carbocycles. The second kappa shape index (κ2) is 14.5. The Labute approximate surface area is 134 Å². The molecule has 0 amide bonds. The van der Waals surface area contributed by atoms with Crippen LogP contribution in [0.1, 0.15) is 0 Å². The number of rotatable bonds is 0. The summed E-state index contributed by atoms with van der Waals surface area (Å²) in [6.07, 6.45) is -1.83. The van der Waals surface area contributed by atoms with Gasteiger partial charge >= 0.3 is 18.1 Å². The van der Waals surface area contributed by atoms with E-state index in [1.807, 2.05) is 0 Å². The maximum Gasteiger partial charge on any atom is 0.503 e. The van der Waals surface area contributed by atoms with Crippen molar-refractivity contribution in [2.45, 2.75) is 0 Å². The maximum atomic E-state index is 9.10. The first-order valence-corrected chi connectivity index (χ1v) is 1.76. The summed E-state index contributed by atoms with van der Waals surface area (Å²) in [6.45, 7) is 0. The average molecular weight is 432 g/mol. The summed E-state index contributed by atoms with van der Waals surface area (Å²) in [5, 5.41) is 28.7. The van der Waals surface area contributed by atoms with Gasteiger partial charge in [0.1, 0.15) is 0 Å². The third-order valence-corrected chi connectivity index (χ3v) is 0.183. The van der Waals surface area contributed by atoms with Gasteiger partial charge in [-0.3, -0.25) is 0 Å².